The molecule has 1 aromatic carbocycles. The summed E-state index contributed by atoms with van der Waals surface area (Å²) in [6.07, 6.45) is 0.611. The predicted molar refractivity (Wildman–Crippen MR) is 65.6 cm³/mol. The number of aldehydes is 1. The van der Waals surface area contributed by atoms with Crippen molar-refractivity contribution in [1.82, 2.24) is 4.90 Å². The van der Waals surface area contributed by atoms with Crippen molar-refractivity contribution < 1.29 is 9.59 Å². The van der Waals surface area contributed by atoms with Gasteiger partial charge in [-0.2, -0.15) is 0 Å². The molecular formula is C13H16N2O2. The van der Waals surface area contributed by atoms with Crippen LogP contribution in [-0.2, 0) is 16.1 Å². The largest absolute Gasteiger partial charge is 0.400 e. The minimum Gasteiger partial charge on any atom is -0.400 e. The number of amides is 1. The summed E-state index contributed by atoms with van der Waals surface area (Å²) in [5.74, 6) is -0.208. The van der Waals surface area contributed by atoms with E-state index < -0.39 is 0 Å². The molecule has 0 aliphatic carbocycles. The molecule has 0 fully saturated rings. The van der Waals surface area contributed by atoms with Gasteiger partial charge in [0.2, 0.25) is 5.91 Å². The predicted octanol–water partition coefficient (Wildman–Crippen LogP) is 1.42. The summed E-state index contributed by atoms with van der Waals surface area (Å²) >= 11 is 0. The maximum Gasteiger partial charge on any atom is 0.224 e. The van der Waals surface area contributed by atoms with Crippen LogP contribution in [0.5, 0.6) is 0 Å². The molecule has 2 N–H and O–H groups in total. The van der Waals surface area contributed by atoms with Crippen LogP contribution in [0.4, 0.5) is 0 Å². The molecule has 0 spiro atoms. The molecule has 4 nitrogen and oxygen atoms in total. The summed E-state index contributed by atoms with van der Waals surface area (Å²) < 4.78 is 0. The topological polar surface area (TPSA) is 63.4 Å². The highest BCUT2D eigenvalue weighted by Gasteiger charge is 2.15. The zero-order chi connectivity index (χ0) is 12.8. The van der Waals surface area contributed by atoms with E-state index in [1.165, 1.54) is 11.8 Å². The number of carbonyl (C=O) groups excluding carboxylic acids is 2. The van der Waals surface area contributed by atoms with Gasteiger partial charge in [0.25, 0.3) is 0 Å². The molecule has 0 unspecified atom stereocenters. The number of benzene rings is 1. The number of hydrogen-bond acceptors (Lipinski definition) is 3. The Labute approximate surface area is 101 Å². The lowest BCUT2D eigenvalue weighted by Gasteiger charge is -2.21. The summed E-state index contributed by atoms with van der Waals surface area (Å²) in [6.45, 7) is 3.36. The third-order valence-electron chi connectivity index (χ3n) is 2.37. The molecule has 0 saturated heterocycles. The fourth-order valence-electron chi connectivity index (χ4n) is 1.50. The Bertz CT molecular complexity index is 434. The van der Waals surface area contributed by atoms with E-state index in [0.29, 0.717) is 18.5 Å². The number of nitrogens with zero attached hydrogens (tertiary/aromatic N) is 1. The fraction of sp³-hybridized carbons (Fsp3) is 0.231. The van der Waals surface area contributed by atoms with Gasteiger partial charge >= 0.3 is 0 Å². The van der Waals surface area contributed by atoms with Gasteiger partial charge in [0.05, 0.1) is 6.54 Å². The number of hydrogen-bond donors (Lipinski definition) is 1. The SMILES string of the molecule is CC(=O)N(Cc1ccccc1)/C(C=O)=C(\C)N. The van der Waals surface area contributed by atoms with Gasteiger partial charge in [0.15, 0.2) is 6.29 Å². The van der Waals surface area contributed by atoms with E-state index >= 15 is 0 Å². The molecule has 0 aromatic heterocycles. The van der Waals surface area contributed by atoms with Crippen LogP contribution in [0, 0.1) is 0 Å². The van der Waals surface area contributed by atoms with Crippen molar-refractivity contribution in [2.24, 2.45) is 5.73 Å². The summed E-state index contributed by atoms with van der Waals surface area (Å²) in [5, 5.41) is 0. The molecule has 1 rings (SSSR count). The first-order valence-electron chi connectivity index (χ1n) is 5.29. The second-order valence-corrected chi connectivity index (χ2v) is 3.78. The van der Waals surface area contributed by atoms with Crippen molar-refractivity contribution in [2.75, 3.05) is 0 Å². The molecule has 17 heavy (non-hydrogen) atoms. The summed E-state index contributed by atoms with van der Waals surface area (Å²) in [6, 6.07) is 9.45. The Kier molecular flexibility index (Phi) is 4.46. The highest BCUT2D eigenvalue weighted by molar-refractivity contribution is 5.85. The molecule has 90 valence electrons. The quantitative estimate of drug-likeness (QED) is 0.631. The molecular weight excluding hydrogens is 216 g/mol. The summed E-state index contributed by atoms with van der Waals surface area (Å²) in [7, 11) is 0. The van der Waals surface area contributed by atoms with Gasteiger partial charge in [0, 0.05) is 12.6 Å². The van der Waals surface area contributed by atoms with Crippen molar-refractivity contribution in [3.63, 3.8) is 0 Å². The fourth-order valence-corrected chi connectivity index (χ4v) is 1.50. The normalized spacial score (nSPS) is 11.6. The molecule has 0 saturated carbocycles. The van der Waals surface area contributed by atoms with Gasteiger partial charge in [0.1, 0.15) is 5.70 Å². The van der Waals surface area contributed by atoms with E-state index in [9.17, 15) is 9.59 Å². The van der Waals surface area contributed by atoms with Crippen LogP contribution in [-0.4, -0.2) is 17.1 Å². The lowest BCUT2D eigenvalue weighted by Crippen LogP contribution is -2.30. The summed E-state index contributed by atoms with van der Waals surface area (Å²) in [4.78, 5) is 23.9. The Morgan fingerprint density at radius 2 is 1.88 bits per heavy atom. The molecule has 0 heterocycles. The monoisotopic (exact) mass is 232 g/mol. The van der Waals surface area contributed by atoms with Crippen LogP contribution in [0.15, 0.2) is 41.7 Å². The van der Waals surface area contributed by atoms with Gasteiger partial charge in [-0.05, 0) is 12.5 Å². The van der Waals surface area contributed by atoms with Crippen molar-refractivity contribution in [2.45, 2.75) is 20.4 Å². The number of nitrogens with two attached hydrogens (primary N) is 1. The minimum atomic E-state index is -0.208. The molecule has 0 radical (unpaired) electrons. The minimum absolute atomic E-state index is 0.208. The molecule has 0 aliphatic rings. The Hall–Kier alpha value is -2.10. The van der Waals surface area contributed by atoms with E-state index in [0.717, 1.165) is 5.56 Å². The van der Waals surface area contributed by atoms with Gasteiger partial charge in [-0.15, -0.1) is 0 Å². The standard InChI is InChI=1S/C13H16N2O2/c1-10(14)13(9-16)15(11(2)17)8-12-6-4-3-5-7-12/h3-7,9H,8,14H2,1-2H3/b13-10+. The van der Waals surface area contributed by atoms with Crippen LogP contribution >= 0.6 is 0 Å². The van der Waals surface area contributed by atoms with Crippen LogP contribution in [0.3, 0.4) is 0 Å². The van der Waals surface area contributed by atoms with Gasteiger partial charge in [-0.25, -0.2) is 0 Å². The van der Waals surface area contributed by atoms with Crippen molar-refractivity contribution in [3.8, 4) is 0 Å². The zero-order valence-electron chi connectivity index (χ0n) is 10.0. The first kappa shape index (κ1) is 13.0. The van der Waals surface area contributed by atoms with Crippen LogP contribution in [0.2, 0.25) is 0 Å². The molecule has 0 atom stereocenters. The molecule has 0 aliphatic heterocycles. The number of rotatable bonds is 4. The van der Waals surface area contributed by atoms with E-state index in [1.54, 1.807) is 6.92 Å². The van der Waals surface area contributed by atoms with Crippen LogP contribution in [0.25, 0.3) is 0 Å². The average Bonchev–Trinajstić information content (AvgIpc) is 2.29. The Morgan fingerprint density at radius 3 is 2.29 bits per heavy atom. The highest BCUT2D eigenvalue weighted by Crippen LogP contribution is 2.11. The molecule has 1 amide bonds. The van der Waals surface area contributed by atoms with Crippen LogP contribution in [0.1, 0.15) is 19.4 Å². The van der Waals surface area contributed by atoms with E-state index in [-0.39, 0.29) is 11.6 Å². The number of carbonyl (C=O) groups is 2. The highest BCUT2D eigenvalue weighted by atomic mass is 16.2. The van der Waals surface area contributed by atoms with Crippen molar-refractivity contribution in [3.05, 3.63) is 47.3 Å². The van der Waals surface area contributed by atoms with Gasteiger partial charge < -0.3 is 10.6 Å². The second-order valence-electron chi connectivity index (χ2n) is 3.78. The zero-order valence-corrected chi connectivity index (χ0v) is 10.0. The Balaban J connectivity index is 3.00. The first-order valence-corrected chi connectivity index (χ1v) is 5.29. The smallest absolute Gasteiger partial charge is 0.224 e. The molecule has 1 aromatic rings. The third kappa shape index (κ3) is 3.45. The van der Waals surface area contributed by atoms with Gasteiger partial charge in [-0.3, -0.25) is 9.59 Å². The lowest BCUT2D eigenvalue weighted by atomic mass is 10.2. The third-order valence-corrected chi connectivity index (χ3v) is 2.37. The molecule has 0 bridgehead atoms. The Morgan fingerprint density at radius 1 is 1.29 bits per heavy atom. The lowest BCUT2D eigenvalue weighted by molar-refractivity contribution is -0.129. The van der Waals surface area contributed by atoms with Crippen LogP contribution < -0.4 is 5.73 Å². The average molecular weight is 232 g/mol. The maximum atomic E-state index is 11.5. The summed E-state index contributed by atoms with van der Waals surface area (Å²) in [5.41, 5.74) is 7.10. The van der Waals surface area contributed by atoms with Crippen molar-refractivity contribution >= 4 is 12.2 Å². The van der Waals surface area contributed by atoms with Crippen molar-refractivity contribution in [1.29, 1.82) is 0 Å². The number of allylic oxidation sites excluding steroid dienone is 2. The first-order chi connectivity index (χ1) is 8.06. The van der Waals surface area contributed by atoms with E-state index in [1.807, 2.05) is 30.3 Å². The van der Waals surface area contributed by atoms with E-state index in [2.05, 4.69) is 0 Å². The van der Waals surface area contributed by atoms with E-state index in [4.69, 9.17) is 5.73 Å². The molecule has 4 heteroatoms. The maximum absolute atomic E-state index is 11.5. The van der Waals surface area contributed by atoms with Gasteiger partial charge in [-0.1, -0.05) is 30.3 Å². The second kappa shape index (κ2) is 5.84.